The third-order valence-corrected chi connectivity index (χ3v) is 2.61. The number of methoxy groups -OCH3 is 1. The quantitative estimate of drug-likeness (QED) is 0.486. The van der Waals surface area contributed by atoms with Gasteiger partial charge in [0.05, 0.1) is 13.2 Å². The third kappa shape index (κ3) is 3.84. The second kappa shape index (κ2) is 6.74. The lowest BCUT2D eigenvalue weighted by Gasteiger charge is -2.14. The smallest absolute Gasteiger partial charge is 0.303 e. The van der Waals surface area contributed by atoms with E-state index in [2.05, 4.69) is 10.0 Å². The zero-order chi connectivity index (χ0) is 13.5. The second-order valence-electron chi connectivity index (χ2n) is 3.54. The van der Waals surface area contributed by atoms with E-state index in [1.165, 1.54) is 7.11 Å². The standard InChI is InChI=1S/C11H12ClN3O3/c1-18-10-4-2-7(12)6-8(10)9(14-15-13)3-5-11(16)17/h2,4,6,9H,3,5H2,1H3,(H,16,17). The summed E-state index contributed by atoms with van der Waals surface area (Å²) in [6.07, 6.45) is 0.0927. The fourth-order valence-corrected chi connectivity index (χ4v) is 1.74. The van der Waals surface area contributed by atoms with Crippen molar-refractivity contribution in [1.29, 1.82) is 0 Å². The molecule has 7 heteroatoms. The Morgan fingerprint density at radius 1 is 1.67 bits per heavy atom. The first-order valence-electron chi connectivity index (χ1n) is 5.18. The molecular weight excluding hydrogens is 258 g/mol. The molecule has 0 saturated carbocycles. The first-order chi connectivity index (χ1) is 8.58. The largest absolute Gasteiger partial charge is 0.496 e. The Morgan fingerprint density at radius 3 is 2.94 bits per heavy atom. The number of nitrogens with zero attached hydrogens (tertiary/aromatic N) is 3. The van der Waals surface area contributed by atoms with E-state index in [0.29, 0.717) is 16.3 Å². The highest BCUT2D eigenvalue weighted by Gasteiger charge is 2.16. The van der Waals surface area contributed by atoms with E-state index in [1.807, 2.05) is 0 Å². The lowest BCUT2D eigenvalue weighted by molar-refractivity contribution is -0.137. The average molecular weight is 270 g/mol. The van der Waals surface area contributed by atoms with E-state index >= 15 is 0 Å². The van der Waals surface area contributed by atoms with Crippen LogP contribution in [0.4, 0.5) is 0 Å². The normalized spacial score (nSPS) is 11.4. The molecule has 0 aromatic heterocycles. The summed E-state index contributed by atoms with van der Waals surface area (Å²) >= 11 is 5.87. The summed E-state index contributed by atoms with van der Waals surface area (Å²) in [4.78, 5) is 13.3. The van der Waals surface area contributed by atoms with Crippen molar-refractivity contribution in [2.24, 2.45) is 5.11 Å². The van der Waals surface area contributed by atoms with Crippen molar-refractivity contribution < 1.29 is 14.6 Å². The van der Waals surface area contributed by atoms with Crippen molar-refractivity contribution >= 4 is 17.6 Å². The van der Waals surface area contributed by atoms with Gasteiger partial charge < -0.3 is 9.84 Å². The summed E-state index contributed by atoms with van der Waals surface area (Å²) in [6, 6.07) is 4.30. The van der Waals surface area contributed by atoms with Gasteiger partial charge in [-0.1, -0.05) is 16.7 Å². The molecule has 1 N–H and O–H groups in total. The molecule has 1 aromatic carbocycles. The highest BCUT2D eigenvalue weighted by atomic mass is 35.5. The van der Waals surface area contributed by atoms with Gasteiger partial charge in [-0.05, 0) is 30.2 Å². The van der Waals surface area contributed by atoms with E-state index in [-0.39, 0.29) is 12.8 Å². The molecule has 1 aromatic rings. The van der Waals surface area contributed by atoms with Crippen molar-refractivity contribution in [3.63, 3.8) is 0 Å². The minimum atomic E-state index is -0.950. The van der Waals surface area contributed by atoms with Crippen LogP contribution in [0.3, 0.4) is 0 Å². The Bertz CT molecular complexity index is 486. The molecule has 0 heterocycles. The number of halogens is 1. The van der Waals surface area contributed by atoms with Crippen molar-refractivity contribution in [3.05, 3.63) is 39.2 Å². The van der Waals surface area contributed by atoms with Gasteiger partial charge in [0.25, 0.3) is 0 Å². The minimum absolute atomic E-state index is 0.0979. The zero-order valence-electron chi connectivity index (χ0n) is 9.71. The number of hydrogen-bond donors (Lipinski definition) is 1. The highest BCUT2D eigenvalue weighted by Crippen LogP contribution is 2.33. The zero-order valence-corrected chi connectivity index (χ0v) is 10.5. The SMILES string of the molecule is COc1ccc(Cl)cc1C(CCC(=O)O)N=[N+]=[N-]. The van der Waals surface area contributed by atoms with Gasteiger partial charge in [-0.25, -0.2) is 0 Å². The van der Waals surface area contributed by atoms with E-state index in [4.69, 9.17) is 27.0 Å². The molecule has 0 aliphatic rings. The first kappa shape index (κ1) is 14.2. The number of hydrogen-bond acceptors (Lipinski definition) is 3. The Labute approximate surface area is 109 Å². The van der Waals surface area contributed by atoms with E-state index in [9.17, 15) is 4.79 Å². The Hall–Kier alpha value is -1.91. The molecule has 0 aliphatic carbocycles. The van der Waals surface area contributed by atoms with Gasteiger partial charge in [0.2, 0.25) is 0 Å². The number of benzene rings is 1. The van der Waals surface area contributed by atoms with Crippen LogP contribution in [0.2, 0.25) is 5.02 Å². The van der Waals surface area contributed by atoms with Gasteiger partial charge in [-0.15, -0.1) is 0 Å². The van der Waals surface area contributed by atoms with Gasteiger partial charge in [0, 0.05) is 21.9 Å². The molecule has 18 heavy (non-hydrogen) atoms. The van der Waals surface area contributed by atoms with Gasteiger partial charge in [0.15, 0.2) is 0 Å². The second-order valence-corrected chi connectivity index (χ2v) is 3.98. The molecule has 0 aliphatic heterocycles. The van der Waals surface area contributed by atoms with Crippen molar-refractivity contribution in [2.45, 2.75) is 18.9 Å². The maximum Gasteiger partial charge on any atom is 0.303 e. The monoisotopic (exact) mass is 269 g/mol. The molecule has 0 fully saturated rings. The summed E-state index contributed by atoms with van der Waals surface area (Å²) in [6.45, 7) is 0. The Morgan fingerprint density at radius 2 is 2.39 bits per heavy atom. The number of aliphatic carboxylic acids is 1. The van der Waals surface area contributed by atoms with Gasteiger partial charge >= 0.3 is 5.97 Å². The number of carboxylic acid groups (broad SMARTS) is 1. The summed E-state index contributed by atoms with van der Waals surface area (Å²) in [7, 11) is 1.48. The fraction of sp³-hybridized carbons (Fsp3) is 0.364. The maximum absolute atomic E-state index is 10.6. The summed E-state index contributed by atoms with van der Waals surface area (Å²) in [5.74, 6) is -0.434. The number of ether oxygens (including phenoxy) is 1. The molecular formula is C11H12ClN3O3. The molecule has 0 bridgehead atoms. The molecule has 1 unspecified atom stereocenters. The maximum atomic E-state index is 10.6. The Balaban J connectivity index is 3.07. The summed E-state index contributed by atoms with van der Waals surface area (Å²) in [5, 5.41) is 12.7. The van der Waals surface area contributed by atoms with Crippen molar-refractivity contribution in [1.82, 2.24) is 0 Å². The van der Waals surface area contributed by atoms with Gasteiger partial charge in [-0.3, -0.25) is 4.79 Å². The predicted molar refractivity (Wildman–Crippen MR) is 66.8 cm³/mol. The lowest BCUT2D eigenvalue weighted by atomic mass is 10.0. The number of azide groups is 1. The fourth-order valence-electron chi connectivity index (χ4n) is 1.56. The van der Waals surface area contributed by atoms with Crippen LogP contribution < -0.4 is 4.74 Å². The first-order valence-corrected chi connectivity index (χ1v) is 5.55. The van der Waals surface area contributed by atoms with Crippen LogP contribution >= 0.6 is 11.6 Å². The van der Waals surface area contributed by atoms with Crippen molar-refractivity contribution in [3.8, 4) is 5.75 Å². The summed E-state index contributed by atoms with van der Waals surface area (Å²) < 4.78 is 5.15. The molecule has 6 nitrogen and oxygen atoms in total. The Kier molecular flexibility index (Phi) is 5.30. The van der Waals surface area contributed by atoms with Crippen LogP contribution in [-0.4, -0.2) is 18.2 Å². The van der Waals surface area contributed by atoms with E-state index in [0.717, 1.165) is 0 Å². The predicted octanol–water partition coefficient (Wildman–Crippen LogP) is 3.56. The molecule has 0 radical (unpaired) electrons. The molecule has 0 saturated heterocycles. The van der Waals surface area contributed by atoms with Crippen LogP contribution in [0.15, 0.2) is 23.3 Å². The van der Waals surface area contributed by atoms with Crippen LogP contribution in [-0.2, 0) is 4.79 Å². The minimum Gasteiger partial charge on any atom is -0.496 e. The highest BCUT2D eigenvalue weighted by molar-refractivity contribution is 6.30. The van der Waals surface area contributed by atoms with Crippen molar-refractivity contribution in [2.75, 3.05) is 7.11 Å². The molecule has 1 atom stereocenters. The van der Waals surface area contributed by atoms with Crippen LogP contribution in [0.5, 0.6) is 5.75 Å². The van der Waals surface area contributed by atoms with Gasteiger partial charge in [0.1, 0.15) is 5.75 Å². The molecule has 0 amide bonds. The third-order valence-electron chi connectivity index (χ3n) is 2.37. The average Bonchev–Trinajstić information content (AvgIpc) is 2.34. The number of carboxylic acids is 1. The van der Waals surface area contributed by atoms with Crippen LogP contribution in [0.25, 0.3) is 10.4 Å². The molecule has 0 spiro atoms. The molecule has 1 rings (SSSR count). The number of rotatable bonds is 6. The number of carbonyl (C=O) groups is 1. The molecule has 96 valence electrons. The van der Waals surface area contributed by atoms with Gasteiger partial charge in [-0.2, -0.15) is 0 Å². The summed E-state index contributed by atoms with van der Waals surface area (Å²) in [5.41, 5.74) is 9.12. The van der Waals surface area contributed by atoms with Crippen LogP contribution in [0, 0.1) is 0 Å². The lowest BCUT2D eigenvalue weighted by Crippen LogP contribution is -2.03. The van der Waals surface area contributed by atoms with E-state index in [1.54, 1.807) is 18.2 Å². The topological polar surface area (TPSA) is 95.3 Å². The van der Waals surface area contributed by atoms with E-state index < -0.39 is 12.0 Å². The van der Waals surface area contributed by atoms with Crippen LogP contribution in [0.1, 0.15) is 24.4 Å².